The maximum absolute atomic E-state index is 14.6. The number of carbonyl (C=O) groups excluding carboxylic acids is 2. The van der Waals surface area contributed by atoms with Crippen molar-refractivity contribution in [2.24, 2.45) is 0 Å². The molecule has 3 rings (SSSR count). The number of hydrogen-bond acceptors (Lipinski definition) is 4. The summed E-state index contributed by atoms with van der Waals surface area (Å²) in [5.74, 6) is -0.293. The average Bonchev–Trinajstić information content (AvgIpc) is 2.73. The first-order valence-electron chi connectivity index (χ1n) is 10.0. The largest absolute Gasteiger partial charge is 0.354 e. The number of carbonyl (C=O) groups is 2. The Balaban J connectivity index is 2.08. The van der Waals surface area contributed by atoms with E-state index in [1.165, 1.54) is 12.3 Å². The summed E-state index contributed by atoms with van der Waals surface area (Å²) in [5.41, 5.74) is 2.85. The number of fused-ring (bicyclic) bond motifs is 1. The van der Waals surface area contributed by atoms with Gasteiger partial charge in [-0.05, 0) is 36.6 Å². The van der Waals surface area contributed by atoms with Crippen molar-refractivity contribution in [3.05, 3.63) is 65.6 Å². The maximum Gasteiger partial charge on any atom is 0.166 e. The van der Waals surface area contributed by atoms with Crippen LogP contribution in [0.15, 0.2) is 48.7 Å². The smallest absolute Gasteiger partial charge is 0.166 e. The number of hydrogen-bond donors (Lipinski definition) is 1. The number of Topliss-reactive ketones (excluding diaryl/α,β-unsaturated/α-hetero) is 2. The third-order valence-electron chi connectivity index (χ3n) is 4.90. The predicted octanol–water partition coefficient (Wildman–Crippen LogP) is 6.01. The number of aromatic nitrogens is 1. The molecule has 29 heavy (non-hydrogen) atoms. The summed E-state index contributed by atoms with van der Waals surface area (Å²) in [7, 11) is 0. The highest BCUT2D eigenvalue weighted by molar-refractivity contribution is 6.09. The van der Waals surface area contributed by atoms with E-state index in [0.29, 0.717) is 53.4 Å². The zero-order valence-electron chi connectivity index (χ0n) is 16.8. The lowest BCUT2D eigenvalue weighted by Crippen LogP contribution is -2.06. The molecule has 0 aliphatic rings. The summed E-state index contributed by atoms with van der Waals surface area (Å²) in [6.45, 7) is 3.75. The summed E-state index contributed by atoms with van der Waals surface area (Å²) in [6.07, 6.45) is 3.78. The Kier molecular flexibility index (Phi) is 6.70. The van der Waals surface area contributed by atoms with Gasteiger partial charge in [0, 0.05) is 42.6 Å². The average molecular weight is 392 g/mol. The third kappa shape index (κ3) is 4.86. The van der Waals surface area contributed by atoms with Crippen LogP contribution in [0.25, 0.3) is 10.9 Å². The van der Waals surface area contributed by atoms with Crippen LogP contribution in [-0.2, 0) is 11.2 Å². The highest BCUT2D eigenvalue weighted by Gasteiger charge is 2.17. The Hall–Kier alpha value is -3.08. The fourth-order valence-electron chi connectivity index (χ4n) is 3.33. The van der Waals surface area contributed by atoms with Gasteiger partial charge < -0.3 is 5.32 Å². The minimum absolute atomic E-state index is 0.0400. The molecule has 0 atom stereocenters. The summed E-state index contributed by atoms with van der Waals surface area (Å²) >= 11 is 0. The number of benzene rings is 2. The Morgan fingerprint density at radius 1 is 1.07 bits per heavy atom. The SMILES string of the molecule is CCCC(=O)CCc1cc2c(Nc3ccccc3)c(C(=O)CC)cnc2cc1F. The zero-order valence-corrected chi connectivity index (χ0v) is 16.8. The van der Waals surface area contributed by atoms with E-state index in [0.717, 1.165) is 12.1 Å². The molecule has 150 valence electrons. The van der Waals surface area contributed by atoms with Gasteiger partial charge in [0.1, 0.15) is 11.6 Å². The van der Waals surface area contributed by atoms with Gasteiger partial charge in [-0.15, -0.1) is 0 Å². The first kappa shape index (κ1) is 20.6. The van der Waals surface area contributed by atoms with Crippen LogP contribution in [0.1, 0.15) is 55.5 Å². The van der Waals surface area contributed by atoms with Crippen molar-refractivity contribution in [2.75, 3.05) is 5.32 Å². The summed E-state index contributed by atoms with van der Waals surface area (Å²) in [4.78, 5) is 28.7. The Labute approximate surface area is 170 Å². The normalized spacial score (nSPS) is 10.9. The van der Waals surface area contributed by atoms with Gasteiger partial charge in [-0.1, -0.05) is 32.0 Å². The number of aryl methyl sites for hydroxylation is 1. The Bertz CT molecular complexity index is 1030. The first-order chi connectivity index (χ1) is 14.0. The molecule has 3 aromatic rings. The van der Waals surface area contributed by atoms with Crippen molar-refractivity contribution >= 4 is 33.8 Å². The van der Waals surface area contributed by atoms with Crippen LogP contribution < -0.4 is 5.32 Å². The van der Waals surface area contributed by atoms with Gasteiger partial charge in [0.2, 0.25) is 0 Å². The predicted molar refractivity (Wildman–Crippen MR) is 114 cm³/mol. The van der Waals surface area contributed by atoms with Gasteiger partial charge in [0.05, 0.1) is 16.8 Å². The van der Waals surface area contributed by atoms with Crippen molar-refractivity contribution in [2.45, 2.75) is 46.0 Å². The molecular formula is C24H25FN2O2. The van der Waals surface area contributed by atoms with Gasteiger partial charge >= 0.3 is 0 Å². The minimum Gasteiger partial charge on any atom is -0.354 e. The fourth-order valence-corrected chi connectivity index (χ4v) is 3.33. The van der Waals surface area contributed by atoms with Gasteiger partial charge in [-0.3, -0.25) is 14.6 Å². The van der Waals surface area contributed by atoms with Crippen LogP contribution in [-0.4, -0.2) is 16.6 Å². The second-order valence-corrected chi connectivity index (χ2v) is 7.06. The second kappa shape index (κ2) is 9.41. The van der Waals surface area contributed by atoms with E-state index in [1.807, 2.05) is 37.3 Å². The monoisotopic (exact) mass is 392 g/mol. The molecule has 0 bridgehead atoms. The quantitative estimate of drug-likeness (QED) is 0.453. The van der Waals surface area contributed by atoms with Crippen molar-refractivity contribution in [1.82, 2.24) is 4.98 Å². The van der Waals surface area contributed by atoms with Gasteiger partial charge in [0.15, 0.2) is 5.78 Å². The molecule has 1 aromatic heterocycles. The van der Waals surface area contributed by atoms with Crippen molar-refractivity contribution in [3.8, 4) is 0 Å². The molecule has 0 aliphatic carbocycles. The van der Waals surface area contributed by atoms with Crippen LogP contribution in [0.4, 0.5) is 15.8 Å². The van der Waals surface area contributed by atoms with Gasteiger partial charge in [0.25, 0.3) is 0 Å². The number of ketones is 2. The number of halogens is 1. The van der Waals surface area contributed by atoms with Crippen LogP contribution in [0.5, 0.6) is 0 Å². The minimum atomic E-state index is -0.380. The molecule has 5 heteroatoms. The van der Waals surface area contributed by atoms with E-state index in [-0.39, 0.29) is 17.4 Å². The van der Waals surface area contributed by atoms with Gasteiger partial charge in [-0.2, -0.15) is 0 Å². The number of rotatable bonds is 9. The van der Waals surface area contributed by atoms with Crippen LogP contribution in [0.3, 0.4) is 0 Å². The molecule has 1 N–H and O–H groups in total. The molecule has 0 saturated heterocycles. The summed E-state index contributed by atoms with van der Waals surface area (Å²) in [5, 5.41) is 3.99. The van der Waals surface area contributed by atoms with E-state index < -0.39 is 0 Å². The lowest BCUT2D eigenvalue weighted by molar-refractivity contribution is -0.119. The Morgan fingerprint density at radius 3 is 2.52 bits per heavy atom. The Morgan fingerprint density at radius 2 is 1.83 bits per heavy atom. The number of para-hydroxylation sites is 1. The molecule has 0 fully saturated rings. The lowest BCUT2D eigenvalue weighted by Gasteiger charge is -2.15. The standard InChI is InChI=1S/C24H25FN2O2/c1-3-8-18(28)12-11-16-13-19-22(14-21(16)25)26-15-20(23(29)4-2)24(19)27-17-9-6-5-7-10-17/h5-7,9-10,13-15H,3-4,8,11-12H2,1-2H3,(H,26,27). The van der Waals surface area contributed by atoms with E-state index in [2.05, 4.69) is 10.3 Å². The molecular weight excluding hydrogens is 367 g/mol. The second-order valence-electron chi connectivity index (χ2n) is 7.06. The highest BCUT2D eigenvalue weighted by atomic mass is 19.1. The highest BCUT2D eigenvalue weighted by Crippen LogP contribution is 2.32. The van der Waals surface area contributed by atoms with E-state index >= 15 is 0 Å². The topological polar surface area (TPSA) is 59.1 Å². The number of nitrogens with one attached hydrogen (secondary N) is 1. The lowest BCUT2D eigenvalue weighted by atomic mass is 9.99. The molecule has 0 amide bonds. The molecule has 1 heterocycles. The van der Waals surface area contributed by atoms with Crippen molar-refractivity contribution in [1.29, 1.82) is 0 Å². The molecule has 0 spiro atoms. The first-order valence-corrected chi connectivity index (χ1v) is 10.0. The third-order valence-corrected chi connectivity index (χ3v) is 4.90. The van der Waals surface area contributed by atoms with E-state index in [9.17, 15) is 14.0 Å². The summed E-state index contributed by atoms with van der Waals surface area (Å²) < 4.78 is 14.6. The van der Waals surface area contributed by atoms with Gasteiger partial charge in [-0.25, -0.2) is 4.39 Å². The van der Waals surface area contributed by atoms with E-state index in [1.54, 1.807) is 13.0 Å². The molecule has 4 nitrogen and oxygen atoms in total. The molecule has 0 saturated carbocycles. The number of nitrogens with zero attached hydrogens (tertiary/aromatic N) is 1. The van der Waals surface area contributed by atoms with Crippen LogP contribution >= 0.6 is 0 Å². The number of anilines is 2. The van der Waals surface area contributed by atoms with Crippen LogP contribution in [0, 0.1) is 5.82 Å². The van der Waals surface area contributed by atoms with E-state index in [4.69, 9.17) is 0 Å². The fraction of sp³-hybridized carbons (Fsp3) is 0.292. The molecule has 0 unspecified atom stereocenters. The van der Waals surface area contributed by atoms with Crippen LogP contribution in [0.2, 0.25) is 0 Å². The molecule has 0 aliphatic heterocycles. The molecule has 0 radical (unpaired) electrons. The number of pyridine rings is 1. The van der Waals surface area contributed by atoms with Crippen molar-refractivity contribution < 1.29 is 14.0 Å². The zero-order chi connectivity index (χ0) is 20.8. The maximum atomic E-state index is 14.6. The molecule has 2 aromatic carbocycles. The summed E-state index contributed by atoms with van der Waals surface area (Å²) in [6, 6.07) is 12.6. The van der Waals surface area contributed by atoms with Crippen molar-refractivity contribution in [3.63, 3.8) is 0 Å².